The minimum atomic E-state index is -1.07. The number of carboxylic acids is 1. The Morgan fingerprint density at radius 2 is 2.09 bits per heavy atom. The van der Waals surface area contributed by atoms with Crippen LogP contribution < -0.4 is 10.1 Å². The van der Waals surface area contributed by atoms with Crippen LogP contribution in [0.4, 0.5) is 5.69 Å². The van der Waals surface area contributed by atoms with Crippen LogP contribution in [0.5, 0.6) is 5.75 Å². The molecule has 0 saturated heterocycles. The van der Waals surface area contributed by atoms with Crippen LogP contribution >= 0.6 is 11.5 Å². The van der Waals surface area contributed by atoms with E-state index < -0.39 is 5.97 Å². The highest BCUT2D eigenvalue weighted by atomic mass is 32.1. The molecule has 2 rings (SSSR count). The van der Waals surface area contributed by atoms with E-state index in [2.05, 4.69) is 9.69 Å². The van der Waals surface area contributed by atoms with E-state index in [1.807, 2.05) is 13.8 Å². The molecule has 1 aromatic carbocycles. The van der Waals surface area contributed by atoms with Gasteiger partial charge in [0.15, 0.2) is 0 Å². The standard InChI is InChI=1S/C15H16N2O4S/c1-8(2)21-13-5-4-10(15(19)20)6-12(13)16-14(18)11-7-22-17-9(11)3/h4-8H,1-3H3,(H,16,18)(H,19,20). The van der Waals surface area contributed by atoms with Crippen LogP contribution in [-0.4, -0.2) is 27.5 Å². The summed E-state index contributed by atoms with van der Waals surface area (Å²) in [5.41, 5.74) is 1.49. The van der Waals surface area contributed by atoms with Crippen molar-refractivity contribution < 1.29 is 19.4 Å². The minimum Gasteiger partial charge on any atom is -0.489 e. The van der Waals surface area contributed by atoms with Crippen LogP contribution in [0.15, 0.2) is 23.6 Å². The molecule has 7 heteroatoms. The zero-order valence-electron chi connectivity index (χ0n) is 12.4. The Morgan fingerprint density at radius 1 is 1.36 bits per heavy atom. The molecule has 1 aromatic heterocycles. The summed E-state index contributed by atoms with van der Waals surface area (Å²) < 4.78 is 9.66. The molecule has 0 atom stereocenters. The fourth-order valence-corrected chi connectivity index (χ4v) is 2.51. The molecular formula is C15H16N2O4S. The van der Waals surface area contributed by atoms with Gasteiger partial charge in [-0.1, -0.05) is 0 Å². The number of nitrogens with zero attached hydrogens (tertiary/aromatic N) is 1. The number of ether oxygens (including phenoxy) is 1. The number of rotatable bonds is 5. The number of hydrogen-bond donors (Lipinski definition) is 2. The number of nitrogens with one attached hydrogen (secondary N) is 1. The summed E-state index contributed by atoms with van der Waals surface area (Å²) in [5.74, 6) is -0.989. The van der Waals surface area contributed by atoms with E-state index in [0.717, 1.165) is 0 Å². The number of benzene rings is 1. The molecule has 0 aliphatic rings. The Morgan fingerprint density at radius 3 is 2.64 bits per heavy atom. The lowest BCUT2D eigenvalue weighted by molar-refractivity contribution is 0.0696. The maximum Gasteiger partial charge on any atom is 0.335 e. The fourth-order valence-electron chi connectivity index (χ4n) is 1.82. The van der Waals surface area contributed by atoms with Crippen LogP contribution in [0.3, 0.4) is 0 Å². The molecule has 0 bridgehead atoms. The first-order valence-electron chi connectivity index (χ1n) is 6.64. The van der Waals surface area contributed by atoms with E-state index in [4.69, 9.17) is 9.84 Å². The summed E-state index contributed by atoms with van der Waals surface area (Å²) in [5, 5.41) is 13.4. The predicted octanol–water partition coefficient (Wildman–Crippen LogP) is 3.19. The largest absolute Gasteiger partial charge is 0.489 e. The zero-order chi connectivity index (χ0) is 16.3. The Labute approximate surface area is 131 Å². The smallest absolute Gasteiger partial charge is 0.335 e. The average molecular weight is 320 g/mol. The van der Waals surface area contributed by atoms with E-state index in [-0.39, 0.29) is 17.6 Å². The molecule has 116 valence electrons. The Balaban J connectivity index is 2.34. The summed E-state index contributed by atoms with van der Waals surface area (Å²) in [6, 6.07) is 4.36. The maximum atomic E-state index is 12.3. The average Bonchev–Trinajstić information content (AvgIpc) is 2.86. The van der Waals surface area contributed by atoms with Crippen LogP contribution in [0.2, 0.25) is 0 Å². The summed E-state index contributed by atoms with van der Waals surface area (Å²) in [6.07, 6.45) is -0.101. The van der Waals surface area contributed by atoms with E-state index >= 15 is 0 Å². The number of carboxylic acid groups (broad SMARTS) is 1. The zero-order valence-corrected chi connectivity index (χ0v) is 13.2. The quantitative estimate of drug-likeness (QED) is 0.883. The third-order valence-electron chi connectivity index (χ3n) is 2.83. The highest BCUT2D eigenvalue weighted by Crippen LogP contribution is 2.28. The summed E-state index contributed by atoms with van der Waals surface area (Å²) >= 11 is 1.19. The summed E-state index contributed by atoms with van der Waals surface area (Å²) in [6.45, 7) is 5.44. The van der Waals surface area contributed by atoms with Gasteiger partial charge in [0.25, 0.3) is 5.91 Å². The fraction of sp³-hybridized carbons (Fsp3) is 0.267. The number of aromatic carboxylic acids is 1. The predicted molar refractivity (Wildman–Crippen MR) is 84.0 cm³/mol. The number of aryl methyl sites for hydroxylation is 1. The van der Waals surface area contributed by atoms with Crippen LogP contribution in [0.25, 0.3) is 0 Å². The molecule has 1 heterocycles. The lowest BCUT2D eigenvalue weighted by Gasteiger charge is -2.15. The van der Waals surface area contributed by atoms with Crippen molar-refractivity contribution in [2.24, 2.45) is 0 Å². The van der Waals surface area contributed by atoms with Crippen molar-refractivity contribution in [1.29, 1.82) is 0 Å². The number of carbonyl (C=O) groups is 2. The van der Waals surface area contributed by atoms with Gasteiger partial charge in [0.1, 0.15) is 5.75 Å². The van der Waals surface area contributed by atoms with Crippen molar-refractivity contribution in [1.82, 2.24) is 4.37 Å². The first kappa shape index (κ1) is 16.0. The van der Waals surface area contributed by atoms with E-state index in [0.29, 0.717) is 22.7 Å². The van der Waals surface area contributed by atoms with Crippen molar-refractivity contribution in [3.63, 3.8) is 0 Å². The topological polar surface area (TPSA) is 88.5 Å². The number of hydrogen-bond acceptors (Lipinski definition) is 5. The first-order valence-corrected chi connectivity index (χ1v) is 7.48. The van der Waals surface area contributed by atoms with Crippen LogP contribution in [-0.2, 0) is 0 Å². The van der Waals surface area contributed by atoms with Crippen molar-refractivity contribution >= 4 is 29.1 Å². The number of anilines is 1. The van der Waals surface area contributed by atoms with Gasteiger partial charge in [-0.25, -0.2) is 4.79 Å². The third kappa shape index (κ3) is 3.62. The number of carbonyl (C=O) groups excluding carboxylic acids is 1. The second-order valence-corrected chi connectivity index (χ2v) is 5.58. The second-order valence-electron chi connectivity index (χ2n) is 4.95. The molecule has 0 radical (unpaired) electrons. The molecular weight excluding hydrogens is 304 g/mol. The molecule has 0 spiro atoms. The first-order chi connectivity index (χ1) is 10.4. The monoisotopic (exact) mass is 320 g/mol. The molecule has 0 unspecified atom stereocenters. The molecule has 0 saturated carbocycles. The molecule has 6 nitrogen and oxygen atoms in total. The Bertz CT molecular complexity index is 709. The Kier molecular flexibility index (Phi) is 4.77. The third-order valence-corrected chi connectivity index (χ3v) is 3.55. The molecule has 0 aliphatic heterocycles. The van der Waals surface area contributed by atoms with Gasteiger partial charge < -0.3 is 15.2 Å². The van der Waals surface area contributed by atoms with Crippen molar-refractivity contribution in [2.45, 2.75) is 26.9 Å². The molecule has 22 heavy (non-hydrogen) atoms. The molecule has 0 aliphatic carbocycles. The Hall–Kier alpha value is -2.41. The summed E-state index contributed by atoms with van der Waals surface area (Å²) in [7, 11) is 0. The molecule has 2 aromatic rings. The minimum absolute atomic E-state index is 0.0755. The van der Waals surface area contributed by atoms with Crippen molar-refractivity contribution in [3.8, 4) is 5.75 Å². The van der Waals surface area contributed by atoms with Crippen LogP contribution in [0.1, 0.15) is 40.3 Å². The van der Waals surface area contributed by atoms with Gasteiger partial charge in [-0.15, -0.1) is 0 Å². The van der Waals surface area contributed by atoms with Gasteiger partial charge in [0, 0.05) is 5.38 Å². The van der Waals surface area contributed by atoms with Gasteiger partial charge >= 0.3 is 5.97 Å². The molecule has 0 fully saturated rings. The van der Waals surface area contributed by atoms with Crippen LogP contribution in [0, 0.1) is 6.92 Å². The van der Waals surface area contributed by atoms with Crippen molar-refractivity contribution in [2.75, 3.05) is 5.32 Å². The van der Waals surface area contributed by atoms with E-state index in [1.165, 1.54) is 29.7 Å². The SMILES string of the molecule is Cc1nscc1C(=O)Nc1cc(C(=O)O)ccc1OC(C)C. The van der Waals surface area contributed by atoms with E-state index in [1.54, 1.807) is 12.3 Å². The molecule has 1 amide bonds. The van der Waals surface area contributed by atoms with Gasteiger partial charge in [-0.05, 0) is 50.5 Å². The molecule has 2 N–H and O–H groups in total. The van der Waals surface area contributed by atoms with Crippen molar-refractivity contribution in [3.05, 3.63) is 40.4 Å². The maximum absolute atomic E-state index is 12.3. The van der Waals surface area contributed by atoms with E-state index in [9.17, 15) is 9.59 Å². The number of aromatic nitrogens is 1. The second kappa shape index (κ2) is 6.57. The summed E-state index contributed by atoms with van der Waals surface area (Å²) in [4.78, 5) is 23.4. The highest BCUT2D eigenvalue weighted by Gasteiger charge is 2.16. The van der Waals surface area contributed by atoms with Gasteiger partial charge in [0.2, 0.25) is 0 Å². The van der Waals surface area contributed by atoms with Gasteiger partial charge in [-0.2, -0.15) is 4.37 Å². The highest BCUT2D eigenvalue weighted by molar-refractivity contribution is 7.04. The van der Waals surface area contributed by atoms with Gasteiger partial charge in [0.05, 0.1) is 28.6 Å². The number of amides is 1. The lowest BCUT2D eigenvalue weighted by atomic mass is 10.1. The van der Waals surface area contributed by atoms with Gasteiger partial charge in [-0.3, -0.25) is 4.79 Å². The normalized spacial score (nSPS) is 10.5. The lowest BCUT2D eigenvalue weighted by Crippen LogP contribution is -2.15.